The molecule has 1 aromatic carbocycles. The van der Waals surface area contributed by atoms with E-state index in [1.54, 1.807) is 19.1 Å². The van der Waals surface area contributed by atoms with Crippen molar-refractivity contribution < 1.29 is 14.6 Å². The number of aromatic hydroxyl groups is 1. The average molecular weight is 273 g/mol. The van der Waals surface area contributed by atoms with E-state index in [2.05, 4.69) is 15.9 Å². The molecule has 0 saturated carbocycles. The molecule has 0 radical (unpaired) electrons. The molecule has 82 valence electrons. The third-order valence-corrected chi connectivity index (χ3v) is 2.32. The maximum absolute atomic E-state index is 11.7. The number of benzene rings is 1. The Morgan fingerprint density at radius 3 is 2.80 bits per heavy atom. The first-order valence-corrected chi connectivity index (χ1v) is 5.62. The fraction of sp³-hybridized carbons (Fsp3) is 0.364. The zero-order chi connectivity index (χ0) is 11.4. The molecule has 3 nitrogen and oxygen atoms in total. The predicted molar refractivity (Wildman–Crippen MR) is 62.0 cm³/mol. The molecule has 4 heteroatoms. The lowest BCUT2D eigenvalue weighted by molar-refractivity contribution is 0.0993. The van der Waals surface area contributed by atoms with Gasteiger partial charge in [0.2, 0.25) is 0 Å². The summed E-state index contributed by atoms with van der Waals surface area (Å²) in [4.78, 5) is 11.3. The second-order valence-corrected chi connectivity index (χ2v) is 4.47. The number of phenols is 1. The lowest BCUT2D eigenvalue weighted by Crippen LogP contribution is -2.10. The van der Waals surface area contributed by atoms with Crippen LogP contribution in [0.5, 0.6) is 11.5 Å². The normalized spacial score (nSPS) is 12.2. The monoisotopic (exact) mass is 272 g/mol. The number of phenolic OH excluding ortho intramolecular Hbond substituents is 1. The molecule has 0 saturated heterocycles. The Bertz CT molecular complexity index is 361. The lowest BCUT2D eigenvalue weighted by atomic mass is 10.1. The maximum Gasteiger partial charge on any atom is 0.180 e. The van der Waals surface area contributed by atoms with E-state index in [0.717, 1.165) is 0 Å². The summed E-state index contributed by atoms with van der Waals surface area (Å²) in [6.45, 7) is 4.11. The van der Waals surface area contributed by atoms with Gasteiger partial charge in [0.05, 0.1) is 17.0 Å². The number of ketones is 1. The third kappa shape index (κ3) is 2.96. The van der Waals surface area contributed by atoms with Crippen LogP contribution in [0.1, 0.15) is 24.2 Å². The first-order chi connectivity index (χ1) is 7.06. The number of carbonyl (C=O) groups excluding carboxylic acids is 1. The minimum absolute atomic E-state index is 0.0187. The van der Waals surface area contributed by atoms with Crippen LogP contribution >= 0.6 is 15.9 Å². The quantitative estimate of drug-likeness (QED) is 0.677. The van der Waals surface area contributed by atoms with Crippen LogP contribution in [0.3, 0.4) is 0 Å². The molecular formula is C11H13BrO3. The SMILES string of the molecule is CCOc1ccc(O)c(C(=O)C(C)Br)c1. The van der Waals surface area contributed by atoms with Crippen molar-refractivity contribution in [3.05, 3.63) is 23.8 Å². The number of ether oxygens (including phenoxy) is 1. The third-order valence-electron chi connectivity index (χ3n) is 1.91. The van der Waals surface area contributed by atoms with Crippen molar-refractivity contribution in [2.24, 2.45) is 0 Å². The Morgan fingerprint density at radius 2 is 2.27 bits per heavy atom. The Labute approximate surface area is 97.2 Å². The van der Waals surface area contributed by atoms with Crippen LogP contribution in [-0.4, -0.2) is 22.3 Å². The van der Waals surface area contributed by atoms with Crippen LogP contribution in [0.2, 0.25) is 0 Å². The zero-order valence-corrected chi connectivity index (χ0v) is 10.2. The number of Topliss-reactive ketones (excluding diaryl/α,β-unsaturated/α-hetero) is 1. The van der Waals surface area contributed by atoms with Gasteiger partial charge in [0.15, 0.2) is 5.78 Å². The van der Waals surface area contributed by atoms with Crippen molar-refractivity contribution in [1.29, 1.82) is 0 Å². The highest BCUT2D eigenvalue weighted by Gasteiger charge is 2.16. The summed E-state index contributed by atoms with van der Waals surface area (Å²) in [7, 11) is 0. The molecular weight excluding hydrogens is 260 g/mol. The van der Waals surface area contributed by atoms with E-state index in [1.165, 1.54) is 6.07 Å². The second-order valence-electron chi connectivity index (χ2n) is 3.09. The number of hydrogen-bond donors (Lipinski definition) is 1. The highest BCUT2D eigenvalue weighted by atomic mass is 79.9. The molecule has 1 atom stereocenters. The van der Waals surface area contributed by atoms with Gasteiger partial charge in [-0.2, -0.15) is 0 Å². The summed E-state index contributed by atoms with van der Waals surface area (Å²) >= 11 is 3.17. The molecule has 1 aromatic rings. The van der Waals surface area contributed by atoms with E-state index in [1.807, 2.05) is 6.92 Å². The van der Waals surface area contributed by atoms with Gasteiger partial charge in [0, 0.05) is 0 Å². The van der Waals surface area contributed by atoms with Crippen LogP contribution in [0.25, 0.3) is 0 Å². The maximum atomic E-state index is 11.7. The van der Waals surface area contributed by atoms with Crippen molar-refractivity contribution in [2.75, 3.05) is 6.61 Å². The Hall–Kier alpha value is -1.03. The molecule has 0 aliphatic carbocycles. The van der Waals surface area contributed by atoms with Gasteiger partial charge in [-0.05, 0) is 32.0 Å². The van der Waals surface area contributed by atoms with E-state index in [4.69, 9.17) is 4.74 Å². The molecule has 0 aromatic heterocycles. The molecule has 1 unspecified atom stereocenters. The lowest BCUT2D eigenvalue weighted by Gasteiger charge is -2.08. The molecule has 15 heavy (non-hydrogen) atoms. The zero-order valence-electron chi connectivity index (χ0n) is 8.66. The fourth-order valence-corrected chi connectivity index (χ4v) is 1.43. The first kappa shape index (κ1) is 12.0. The minimum atomic E-state index is -0.319. The molecule has 0 amide bonds. The van der Waals surface area contributed by atoms with Gasteiger partial charge in [0.1, 0.15) is 11.5 Å². The van der Waals surface area contributed by atoms with E-state index in [-0.39, 0.29) is 21.9 Å². The number of halogens is 1. The summed E-state index contributed by atoms with van der Waals surface area (Å²) in [5.41, 5.74) is 0.283. The smallest absolute Gasteiger partial charge is 0.180 e. The van der Waals surface area contributed by atoms with Crippen LogP contribution in [0, 0.1) is 0 Å². The molecule has 0 aliphatic rings. The van der Waals surface area contributed by atoms with Crippen molar-refractivity contribution in [3.63, 3.8) is 0 Å². The summed E-state index contributed by atoms with van der Waals surface area (Å²) in [5, 5.41) is 9.53. The minimum Gasteiger partial charge on any atom is -0.507 e. The second kappa shape index (κ2) is 5.16. The fourth-order valence-electron chi connectivity index (χ4n) is 1.18. The standard InChI is InChI=1S/C11H13BrO3/c1-3-15-8-4-5-10(13)9(6-8)11(14)7(2)12/h4-7,13H,3H2,1-2H3. The van der Waals surface area contributed by atoms with E-state index in [9.17, 15) is 9.90 Å². The van der Waals surface area contributed by atoms with Crippen molar-refractivity contribution in [3.8, 4) is 11.5 Å². The van der Waals surface area contributed by atoms with Crippen LogP contribution in [0.15, 0.2) is 18.2 Å². The predicted octanol–water partition coefficient (Wildman–Crippen LogP) is 2.76. The van der Waals surface area contributed by atoms with Gasteiger partial charge >= 0.3 is 0 Å². The molecule has 0 spiro atoms. The Balaban J connectivity index is 3.05. The van der Waals surface area contributed by atoms with Crippen LogP contribution < -0.4 is 4.74 Å². The number of alkyl halides is 1. The first-order valence-electron chi connectivity index (χ1n) is 4.70. The van der Waals surface area contributed by atoms with Gasteiger partial charge in [-0.15, -0.1) is 0 Å². The summed E-state index contributed by atoms with van der Waals surface area (Å²) in [5.74, 6) is 0.413. The summed E-state index contributed by atoms with van der Waals surface area (Å²) in [6, 6.07) is 4.65. The van der Waals surface area contributed by atoms with E-state index < -0.39 is 0 Å². The van der Waals surface area contributed by atoms with Crippen LogP contribution in [-0.2, 0) is 0 Å². The number of carbonyl (C=O) groups is 1. The molecule has 1 rings (SSSR count). The molecule has 0 bridgehead atoms. The highest BCUT2D eigenvalue weighted by molar-refractivity contribution is 9.10. The molecule has 0 fully saturated rings. The molecule has 1 N–H and O–H groups in total. The Morgan fingerprint density at radius 1 is 1.60 bits per heavy atom. The van der Waals surface area contributed by atoms with Gasteiger partial charge < -0.3 is 9.84 Å². The van der Waals surface area contributed by atoms with Gasteiger partial charge in [-0.25, -0.2) is 0 Å². The van der Waals surface area contributed by atoms with Gasteiger partial charge in [-0.1, -0.05) is 15.9 Å². The van der Waals surface area contributed by atoms with E-state index >= 15 is 0 Å². The van der Waals surface area contributed by atoms with Crippen molar-refractivity contribution in [1.82, 2.24) is 0 Å². The average Bonchev–Trinajstić information content (AvgIpc) is 2.20. The van der Waals surface area contributed by atoms with Crippen LogP contribution in [0.4, 0.5) is 0 Å². The number of rotatable bonds is 4. The van der Waals surface area contributed by atoms with Crippen molar-refractivity contribution >= 4 is 21.7 Å². The highest BCUT2D eigenvalue weighted by Crippen LogP contribution is 2.25. The molecule has 0 heterocycles. The Kier molecular flexibility index (Phi) is 4.15. The van der Waals surface area contributed by atoms with Gasteiger partial charge in [-0.3, -0.25) is 4.79 Å². The summed E-state index contributed by atoms with van der Waals surface area (Å²) < 4.78 is 5.25. The van der Waals surface area contributed by atoms with E-state index in [0.29, 0.717) is 12.4 Å². The van der Waals surface area contributed by atoms with Gasteiger partial charge in [0.25, 0.3) is 0 Å². The largest absolute Gasteiger partial charge is 0.507 e. The van der Waals surface area contributed by atoms with Crippen molar-refractivity contribution in [2.45, 2.75) is 18.7 Å². The topological polar surface area (TPSA) is 46.5 Å². The molecule has 0 aliphatic heterocycles. The number of hydrogen-bond acceptors (Lipinski definition) is 3. The summed E-state index contributed by atoms with van der Waals surface area (Å²) in [6.07, 6.45) is 0.